The topological polar surface area (TPSA) is 87.6 Å². The molecule has 218 valence electrons. The van der Waals surface area contributed by atoms with Crippen molar-refractivity contribution in [1.29, 1.82) is 0 Å². The van der Waals surface area contributed by atoms with Crippen LogP contribution >= 0.6 is 0 Å². The van der Waals surface area contributed by atoms with Crippen molar-refractivity contribution in [2.24, 2.45) is 0 Å². The van der Waals surface area contributed by atoms with Crippen LogP contribution in [0.1, 0.15) is 12.0 Å². The van der Waals surface area contributed by atoms with Crippen molar-refractivity contribution < 1.29 is 22.7 Å². The predicted octanol–water partition coefficient (Wildman–Crippen LogP) is 4.24. The number of hydrogen-bond donors (Lipinski definition) is 0. The fourth-order valence-electron chi connectivity index (χ4n) is 5.79. The molecule has 0 N–H and O–H groups in total. The number of likely N-dealkylation sites (tertiary alicyclic amines) is 1. The number of alkyl halides is 1. The van der Waals surface area contributed by atoms with Gasteiger partial charge in [-0.1, -0.05) is 24.8 Å². The van der Waals surface area contributed by atoms with Gasteiger partial charge in [-0.2, -0.15) is 9.97 Å². The largest absolute Gasteiger partial charge is 0.462 e. The number of benzene rings is 1. The van der Waals surface area contributed by atoms with Crippen LogP contribution in [0.5, 0.6) is 6.01 Å². The van der Waals surface area contributed by atoms with Gasteiger partial charge in [0.2, 0.25) is 0 Å². The first-order valence-corrected chi connectivity index (χ1v) is 13.8. The van der Waals surface area contributed by atoms with E-state index in [1.807, 2.05) is 42.0 Å². The number of carbonyl (C=O) groups is 1. The number of likely N-dealkylation sites (N-methyl/N-ethyl adjacent to an activating group) is 1. The number of nitrogens with zero attached hydrogens (tertiary/aromatic N) is 7. The third-order valence-corrected chi connectivity index (χ3v) is 8.03. The van der Waals surface area contributed by atoms with Gasteiger partial charge in [0.1, 0.15) is 29.8 Å². The highest BCUT2D eigenvalue weighted by atomic mass is 19.1. The van der Waals surface area contributed by atoms with Crippen molar-refractivity contribution in [3.63, 3.8) is 0 Å². The van der Waals surface area contributed by atoms with Crippen LogP contribution in [0.3, 0.4) is 0 Å². The minimum Gasteiger partial charge on any atom is -0.462 e. The average molecular weight is 578 g/mol. The lowest BCUT2D eigenvalue weighted by Crippen LogP contribution is -2.49. The summed E-state index contributed by atoms with van der Waals surface area (Å²) in [5.41, 5.74) is 1.60. The zero-order valence-corrected chi connectivity index (χ0v) is 23.4. The van der Waals surface area contributed by atoms with Crippen molar-refractivity contribution in [3.8, 4) is 17.3 Å². The van der Waals surface area contributed by atoms with Crippen LogP contribution in [0.15, 0.2) is 49.2 Å². The number of carbonyl (C=O) groups excluding carboxylic acids is 1. The van der Waals surface area contributed by atoms with Crippen LogP contribution in [0, 0.1) is 12.7 Å². The Labute approximate surface area is 240 Å². The Bertz CT molecular complexity index is 1690. The highest BCUT2D eigenvalue weighted by molar-refractivity contribution is 6.00. The van der Waals surface area contributed by atoms with Gasteiger partial charge in [-0.15, -0.1) is 0 Å². The van der Waals surface area contributed by atoms with Gasteiger partial charge < -0.3 is 14.5 Å². The lowest BCUT2D eigenvalue weighted by molar-refractivity contribution is -0.128. The van der Waals surface area contributed by atoms with Gasteiger partial charge in [-0.3, -0.25) is 19.7 Å². The monoisotopic (exact) mass is 577 g/mol. The van der Waals surface area contributed by atoms with E-state index in [0.717, 1.165) is 16.3 Å². The summed E-state index contributed by atoms with van der Waals surface area (Å²) in [7, 11) is 1.82. The summed E-state index contributed by atoms with van der Waals surface area (Å²) in [4.78, 5) is 35.1. The number of aromatic nitrogens is 4. The fourth-order valence-corrected chi connectivity index (χ4v) is 5.79. The quantitative estimate of drug-likeness (QED) is 0.315. The van der Waals surface area contributed by atoms with Crippen LogP contribution in [0.4, 0.5) is 19.0 Å². The zero-order chi connectivity index (χ0) is 29.5. The van der Waals surface area contributed by atoms with Gasteiger partial charge in [0.25, 0.3) is 5.91 Å². The molecule has 2 atom stereocenters. The summed E-state index contributed by atoms with van der Waals surface area (Å²) < 4.78 is 49.8. The molecule has 1 aromatic carbocycles. The SMILES string of the molecule is C=C(F)C(=O)N1CCN(c2nc(OC[C@@H]3C[C@@H](F)CN3C)nc3c(F)c(-c4cncc5cccc(C)c45)ncc23)CC1. The van der Waals surface area contributed by atoms with E-state index in [1.54, 1.807) is 12.4 Å². The molecule has 9 nitrogen and oxygen atoms in total. The van der Waals surface area contributed by atoms with Crippen LogP contribution in [0.25, 0.3) is 32.9 Å². The number of piperazine rings is 1. The third kappa shape index (κ3) is 5.11. The fraction of sp³-hybridized carbons (Fsp3) is 0.367. The summed E-state index contributed by atoms with van der Waals surface area (Å²) >= 11 is 0. The Balaban J connectivity index is 1.42. The molecule has 4 aromatic rings. The van der Waals surface area contributed by atoms with E-state index in [1.165, 1.54) is 11.1 Å². The zero-order valence-electron chi connectivity index (χ0n) is 23.4. The van der Waals surface area contributed by atoms with Crippen LogP contribution in [-0.2, 0) is 4.79 Å². The highest BCUT2D eigenvalue weighted by Gasteiger charge is 2.31. The highest BCUT2D eigenvalue weighted by Crippen LogP contribution is 2.35. The molecule has 0 spiro atoms. The molecule has 6 rings (SSSR count). The van der Waals surface area contributed by atoms with Gasteiger partial charge in [0.15, 0.2) is 11.6 Å². The van der Waals surface area contributed by atoms with E-state index in [0.29, 0.717) is 42.8 Å². The van der Waals surface area contributed by atoms with E-state index in [9.17, 15) is 13.6 Å². The Kier molecular flexibility index (Phi) is 7.40. The summed E-state index contributed by atoms with van der Waals surface area (Å²) in [6.07, 6.45) is 4.22. The molecular weight excluding hydrogens is 547 g/mol. The Morgan fingerprint density at radius 1 is 1.14 bits per heavy atom. The number of rotatable bonds is 6. The Morgan fingerprint density at radius 3 is 2.64 bits per heavy atom. The minimum absolute atomic E-state index is 0.0179. The molecule has 0 saturated carbocycles. The maximum absolute atomic E-state index is 16.4. The molecule has 0 bridgehead atoms. The molecule has 5 heterocycles. The van der Waals surface area contributed by atoms with Crippen molar-refractivity contribution in [1.82, 2.24) is 29.7 Å². The van der Waals surface area contributed by atoms with Crippen molar-refractivity contribution in [2.45, 2.75) is 25.6 Å². The summed E-state index contributed by atoms with van der Waals surface area (Å²) in [6, 6.07) is 5.55. The van der Waals surface area contributed by atoms with E-state index < -0.39 is 23.7 Å². The van der Waals surface area contributed by atoms with E-state index in [-0.39, 0.29) is 43.0 Å². The van der Waals surface area contributed by atoms with Crippen molar-refractivity contribution in [2.75, 3.05) is 51.3 Å². The normalized spacial score (nSPS) is 19.5. The molecule has 3 aromatic heterocycles. The summed E-state index contributed by atoms with van der Waals surface area (Å²) in [6.45, 7) is 6.57. The van der Waals surface area contributed by atoms with Crippen molar-refractivity contribution >= 4 is 33.4 Å². The second kappa shape index (κ2) is 11.2. The number of halogens is 3. The van der Waals surface area contributed by atoms with Crippen LogP contribution in [0.2, 0.25) is 0 Å². The lowest BCUT2D eigenvalue weighted by atomic mass is 10.00. The van der Waals surface area contributed by atoms with Crippen molar-refractivity contribution in [3.05, 3.63) is 60.6 Å². The lowest BCUT2D eigenvalue weighted by Gasteiger charge is -2.35. The van der Waals surface area contributed by atoms with Gasteiger partial charge in [0, 0.05) is 68.3 Å². The second-order valence-corrected chi connectivity index (χ2v) is 10.8. The molecule has 42 heavy (non-hydrogen) atoms. The molecule has 2 saturated heterocycles. The Morgan fingerprint density at radius 2 is 1.93 bits per heavy atom. The van der Waals surface area contributed by atoms with Gasteiger partial charge >= 0.3 is 6.01 Å². The van der Waals surface area contributed by atoms with Crippen LogP contribution in [-0.4, -0.2) is 94.2 Å². The molecule has 2 fully saturated rings. The number of amides is 1. The number of aryl methyl sites for hydroxylation is 1. The van der Waals surface area contributed by atoms with E-state index in [2.05, 4.69) is 26.5 Å². The first-order valence-electron chi connectivity index (χ1n) is 13.8. The van der Waals surface area contributed by atoms with E-state index >= 15 is 4.39 Å². The second-order valence-electron chi connectivity index (χ2n) is 10.8. The van der Waals surface area contributed by atoms with E-state index in [4.69, 9.17) is 4.74 Å². The predicted molar refractivity (Wildman–Crippen MR) is 153 cm³/mol. The van der Waals surface area contributed by atoms with Gasteiger partial charge in [-0.25, -0.2) is 13.2 Å². The molecule has 1 amide bonds. The molecule has 0 unspecified atom stereocenters. The molecule has 0 radical (unpaired) electrons. The maximum atomic E-state index is 16.4. The minimum atomic E-state index is -1.02. The average Bonchev–Trinajstić information content (AvgIpc) is 3.32. The summed E-state index contributed by atoms with van der Waals surface area (Å²) in [5, 5.41) is 2.06. The standard InChI is InChI=1S/C30H30F3N7O2/c1-17-5-4-6-19-12-34-13-22(24(17)19)26-25(33)27-23(14-35-26)28(39-7-9-40(10-8-39)29(41)18(2)31)37-30(36-27)42-16-21-11-20(32)15-38(21)3/h4-6,12-14,20-21H,2,7-11,15-16H2,1,3H3/t20-,21+/m1/s1. The molecule has 2 aliphatic rings. The first-order chi connectivity index (χ1) is 20.2. The van der Waals surface area contributed by atoms with Gasteiger partial charge in [0.05, 0.1) is 5.39 Å². The smallest absolute Gasteiger partial charge is 0.319 e. The molecule has 12 heteroatoms. The number of ether oxygens (including phenoxy) is 1. The number of anilines is 1. The molecule has 2 aliphatic heterocycles. The van der Waals surface area contributed by atoms with Gasteiger partial charge in [-0.05, 0) is 31.3 Å². The Hall–Kier alpha value is -4.32. The number of pyridine rings is 2. The third-order valence-electron chi connectivity index (χ3n) is 8.03. The first kappa shape index (κ1) is 27.8. The number of hydrogen-bond acceptors (Lipinski definition) is 8. The maximum Gasteiger partial charge on any atom is 0.319 e. The molecule has 0 aliphatic carbocycles. The molecular formula is C30H30F3N7O2. The summed E-state index contributed by atoms with van der Waals surface area (Å²) in [5.74, 6) is -2.04. The number of fused-ring (bicyclic) bond motifs is 2. The van der Waals surface area contributed by atoms with Crippen LogP contribution < -0.4 is 9.64 Å².